The molecule has 172 valence electrons. The van der Waals surface area contributed by atoms with E-state index in [9.17, 15) is 19.7 Å². The molecule has 11 heteroatoms. The molecule has 0 aliphatic rings. The lowest BCUT2D eigenvalue weighted by Gasteiger charge is -2.10. The minimum absolute atomic E-state index is 0.0435. The Morgan fingerprint density at radius 1 is 1.15 bits per heavy atom. The minimum Gasteiger partial charge on any atom is -0.496 e. The molecular formula is C23H16ClN3O6S. The number of methoxy groups -OCH3 is 1. The molecular weight excluding hydrogens is 482 g/mol. The highest BCUT2D eigenvalue weighted by molar-refractivity contribution is 7.19. The fraction of sp³-hybridized carbons (Fsp3) is 0.0870. The third kappa shape index (κ3) is 4.98. The van der Waals surface area contributed by atoms with Crippen LogP contribution in [0.1, 0.15) is 10.4 Å². The number of benzene rings is 2. The monoisotopic (exact) mass is 497 g/mol. The lowest BCUT2D eigenvalue weighted by molar-refractivity contribution is -0.384. The second kappa shape index (κ2) is 9.86. The SMILES string of the molecule is COc1ccc(NC(=O)COC(=O)c2cc(-c3ccc(Cl)s3)nc3ccccc23)c([N+](=O)[O-])c1. The van der Waals surface area contributed by atoms with Gasteiger partial charge in [0.15, 0.2) is 6.61 Å². The summed E-state index contributed by atoms with van der Waals surface area (Å²) in [5.41, 5.74) is 0.959. The molecule has 4 aromatic rings. The van der Waals surface area contributed by atoms with Gasteiger partial charge >= 0.3 is 5.97 Å². The first-order valence-corrected chi connectivity index (χ1v) is 11.0. The molecule has 0 spiro atoms. The molecule has 0 radical (unpaired) electrons. The number of nitro benzene ring substituents is 1. The summed E-state index contributed by atoms with van der Waals surface area (Å²) in [4.78, 5) is 41.3. The van der Waals surface area contributed by atoms with Crippen molar-refractivity contribution in [2.24, 2.45) is 0 Å². The highest BCUT2D eigenvalue weighted by Crippen LogP contribution is 2.33. The first-order chi connectivity index (χ1) is 16.4. The van der Waals surface area contributed by atoms with Crippen molar-refractivity contribution in [1.29, 1.82) is 0 Å². The van der Waals surface area contributed by atoms with Crippen LogP contribution in [0.3, 0.4) is 0 Å². The molecule has 1 N–H and O–H groups in total. The average molecular weight is 498 g/mol. The van der Waals surface area contributed by atoms with E-state index >= 15 is 0 Å². The predicted molar refractivity (Wildman–Crippen MR) is 129 cm³/mol. The van der Waals surface area contributed by atoms with Gasteiger partial charge in [0.1, 0.15) is 11.4 Å². The fourth-order valence-corrected chi connectivity index (χ4v) is 4.22. The second-order valence-corrected chi connectivity index (χ2v) is 8.66. The molecule has 34 heavy (non-hydrogen) atoms. The van der Waals surface area contributed by atoms with Crippen LogP contribution in [0.2, 0.25) is 4.34 Å². The number of carbonyl (C=O) groups excluding carboxylic acids is 2. The number of aromatic nitrogens is 1. The van der Waals surface area contributed by atoms with E-state index in [0.717, 1.165) is 4.88 Å². The summed E-state index contributed by atoms with van der Waals surface area (Å²) in [5.74, 6) is -1.20. The van der Waals surface area contributed by atoms with Gasteiger partial charge in [0.25, 0.3) is 11.6 Å². The van der Waals surface area contributed by atoms with Gasteiger partial charge in [0.2, 0.25) is 0 Å². The van der Waals surface area contributed by atoms with Gasteiger partial charge in [-0.3, -0.25) is 14.9 Å². The molecule has 2 aromatic carbocycles. The van der Waals surface area contributed by atoms with E-state index in [0.29, 0.717) is 20.9 Å². The van der Waals surface area contributed by atoms with E-state index in [4.69, 9.17) is 21.1 Å². The Morgan fingerprint density at radius 2 is 1.94 bits per heavy atom. The number of fused-ring (bicyclic) bond motifs is 1. The predicted octanol–water partition coefficient (Wildman–Crippen LogP) is 5.33. The molecule has 0 saturated heterocycles. The van der Waals surface area contributed by atoms with Crippen molar-refractivity contribution in [3.63, 3.8) is 0 Å². The summed E-state index contributed by atoms with van der Waals surface area (Å²) in [6.45, 7) is -0.640. The maximum atomic E-state index is 12.9. The Kier molecular flexibility index (Phi) is 6.71. The number of ether oxygens (including phenoxy) is 2. The van der Waals surface area contributed by atoms with Crippen molar-refractivity contribution in [2.75, 3.05) is 19.0 Å². The quantitative estimate of drug-likeness (QED) is 0.208. The van der Waals surface area contributed by atoms with E-state index < -0.39 is 23.4 Å². The zero-order valence-electron chi connectivity index (χ0n) is 17.6. The summed E-state index contributed by atoms with van der Waals surface area (Å²) in [6, 6.07) is 16.2. The van der Waals surface area contributed by atoms with Crippen molar-refractivity contribution < 1.29 is 24.0 Å². The van der Waals surface area contributed by atoms with Crippen LogP contribution in [0.4, 0.5) is 11.4 Å². The second-order valence-electron chi connectivity index (χ2n) is 6.94. The number of esters is 1. The van der Waals surface area contributed by atoms with Crippen molar-refractivity contribution in [3.8, 4) is 16.3 Å². The van der Waals surface area contributed by atoms with Crippen LogP contribution in [-0.2, 0) is 9.53 Å². The highest BCUT2D eigenvalue weighted by Gasteiger charge is 2.20. The molecule has 0 aliphatic heterocycles. The number of pyridine rings is 1. The van der Waals surface area contributed by atoms with Crippen LogP contribution in [0.25, 0.3) is 21.5 Å². The van der Waals surface area contributed by atoms with Crippen LogP contribution < -0.4 is 10.1 Å². The highest BCUT2D eigenvalue weighted by atomic mass is 35.5. The van der Waals surface area contributed by atoms with Crippen LogP contribution in [0.5, 0.6) is 5.75 Å². The average Bonchev–Trinajstić information content (AvgIpc) is 3.28. The molecule has 0 saturated carbocycles. The standard InChI is InChI=1S/C23H16ClN3O6S/c1-32-13-6-7-17(19(10-13)27(30)31)26-22(28)12-33-23(29)15-11-18(20-8-9-21(24)34-20)25-16-5-3-2-4-14(15)16/h2-11H,12H2,1H3,(H,26,28). The molecule has 1 amide bonds. The zero-order valence-corrected chi connectivity index (χ0v) is 19.2. The largest absolute Gasteiger partial charge is 0.496 e. The van der Waals surface area contributed by atoms with Crippen molar-refractivity contribution in [1.82, 2.24) is 4.98 Å². The van der Waals surface area contributed by atoms with Gasteiger partial charge < -0.3 is 14.8 Å². The number of nitro groups is 1. The maximum Gasteiger partial charge on any atom is 0.339 e. The van der Waals surface area contributed by atoms with Gasteiger partial charge in [0.05, 0.1) is 44.1 Å². The van der Waals surface area contributed by atoms with Gasteiger partial charge in [-0.25, -0.2) is 9.78 Å². The summed E-state index contributed by atoms with van der Waals surface area (Å²) < 4.78 is 10.8. The first kappa shape index (κ1) is 23.1. The number of carbonyl (C=O) groups is 2. The number of nitrogens with zero attached hydrogens (tertiary/aromatic N) is 2. The number of thiophene rings is 1. The summed E-state index contributed by atoms with van der Waals surface area (Å²) in [6.07, 6.45) is 0. The topological polar surface area (TPSA) is 121 Å². The van der Waals surface area contributed by atoms with E-state index in [1.165, 1.54) is 36.6 Å². The number of hydrogen-bond donors (Lipinski definition) is 1. The first-order valence-electron chi connectivity index (χ1n) is 9.80. The normalized spacial score (nSPS) is 10.6. The molecule has 0 atom stereocenters. The summed E-state index contributed by atoms with van der Waals surface area (Å²) in [7, 11) is 1.37. The molecule has 4 rings (SSSR count). The third-order valence-electron chi connectivity index (χ3n) is 4.77. The molecule has 0 unspecified atom stereocenters. The number of nitrogens with one attached hydrogen (secondary N) is 1. The van der Waals surface area contributed by atoms with E-state index in [2.05, 4.69) is 10.3 Å². The van der Waals surface area contributed by atoms with Crippen LogP contribution in [-0.4, -0.2) is 35.5 Å². The van der Waals surface area contributed by atoms with Crippen LogP contribution >= 0.6 is 22.9 Å². The Bertz CT molecular complexity index is 1420. The lowest BCUT2D eigenvalue weighted by Crippen LogP contribution is -2.21. The summed E-state index contributed by atoms with van der Waals surface area (Å²) >= 11 is 7.35. The van der Waals surface area contributed by atoms with Crippen LogP contribution in [0, 0.1) is 10.1 Å². The Labute approximate surface area is 202 Å². The number of rotatable bonds is 7. The number of halogens is 1. The number of anilines is 1. The Balaban J connectivity index is 1.54. The van der Waals surface area contributed by atoms with Gasteiger partial charge in [-0.05, 0) is 36.4 Å². The van der Waals surface area contributed by atoms with Gasteiger partial charge in [-0.15, -0.1) is 11.3 Å². The number of para-hydroxylation sites is 1. The minimum atomic E-state index is -0.734. The zero-order chi connectivity index (χ0) is 24.2. The van der Waals surface area contributed by atoms with E-state index in [1.54, 1.807) is 42.5 Å². The Hall–Kier alpha value is -4.02. The number of hydrogen-bond acceptors (Lipinski definition) is 8. The van der Waals surface area contributed by atoms with Crippen molar-refractivity contribution in [2.45, 2.75) is 0 Å². The lowest BCUT2D eigenvalue weighted by atomic mass is 10.1. The Morgan fingerprint density at radius 3 is 2.65 bits per heavy atom. The van der Waals surface area contributed by atoms with Crippen molar-refractivity contribution in [3.05, 3.63) is 80.7 Å². The van der Waals surface area contributed by atoms with E-state index in [-0.39, 0.29) is 22.7 Å². The third-order valence-corrected chi connectivity index (χ3v) is 6.03. The van der Waals surface area contributed by atoms with Gasteiger partial charge in [-0.1, -0.05) is 29.8 Å². The molecule has 2 heterocycles. The van der Waals surface area contributed by atoms with E-state index in [1.807, 2.05) is 0 Å². The van der Waals surface area contributed by atoms with Gasteiger partial charge in [-0.2, -0.15) is 0 Å². The molecule has 0 fully saturated rings. The smallest absolute Gasteiger partial charge is 0.339 e. The maximum absolute atomic E-state index is 12.9. The molecule has 0 bridgehead atoms. The van der Waals surface area contributed by atoms with Crippen molar-refractivity contribution >= 4 is 57.1 Å². The molecule has 9 nitrogen and oxygen atoms in total. The molecule has 0 aliphatic carbocycles. The fourth-order valence-electron chi connectivity index (χ4n) is 3.21. The van der Waals surface area contributed by atoms with Gasteiger partial charge in [0, 0.05) is 5.39 Å². The molecule has 2 aromatic heterocycles. The summed E-state index contributed by atoms with van der Waals surface area (Å²) in [5, 5.41) is 14.2. The van der Waals surface area contributed by atoms with Crippen LogP contribution in [0.15, 0.2) is 60.7 Å². The number of amides is 1.